The molecule has 2 amide bonds. The zero-order valence-electron chi connectivity index (χ0n) is 13.8. The Bertz CT molecular complexity index is 786. The van der Waals surface area contributed by atoms with Crippen LogP contribution in [-0.4, -0.2) is 25.5 Å². The van der Waals surface area contributed by atoms with Gasteiger partial charge in [-0.05, 0) is 48.4 Å². The molecule has 0 aliphatic carbocycles. The summed E-state index contributed by atoms with van der Waals surface area (Å²) in [6.45, 7) is 2.62. The minimum Gasteiger partial charge on any atom is -0.497 e. The van der Waals surface area contributed by atoms with Crippen molar-refractivity contribution in [1.82, 2.24) is 0 Å². The van der Waals surface area contributed by atoms with Gasteiger partial charge < -0.3 is 15.0 Å². The molecule has 0 atom stereocenters. The highest BCUT2D eigenvalue weighted by molar-refractivity contribution is 6.02. The molecule has 124 valence electrons. The zero-order chi connectivity index (χ0) is 17.1. The van der Waals surface area contributed by atoms with E-state index < -0.39 is 0 Å². The van der Waals surface area contributed by atoms with Gasteiger partial charge in [-0.1, -0.05) is 12.1 Å². The van der Waals surface area contributed by atoms with E-state index in [-0.39, 0.29) is 18.2 Å². The van der Waals surface area contributed by atoms with Crippen molar-refractivity contribution in [3.8, 4) is 5.75 Å². The lowest BCUT2D eigenvalue weighted by molar-refractivity contribution is -0.117. The number of hydrogen-bond donors (Lipinski definition) is 1. The second-order valence-electron chi connectivity index (χ2n) is 5.73. The van der Waals surface area contributed by atoms with Crippen LogP contribution in [0.25, 0.3) is 0 Å². The summed E-state index contributed by atoms with van der Waals surface area (Å²) in [4.78, 5) is 25.9. The van der Waals surface area contributed by atoms with E-state index in [2.05, 4.69) is 5.32 Å². The molecule has 1 heterocycles. The number of amides is 2. The Morgan fingerprint density at radius 2 is 2.08 bits per heavy atom. The summed E-state index contributed by atoms with van der Waals surface area (Å²) in [5.41, 5.74) is 3.50. The number of anilines is 2. The highest BCUT2D eigenvalue weighted by Crippen LogP contribution is 2.31. The van der Waals surface area contributed by atoms with Crippen molar-refractivity contribution in [2.24, 2.45) is 0 Å². The Morgan fingerprint density at radius 3 is 2.83 bits per heavy atom. The summed E-state index contributed by atoms with van der Waals surface area (Å²) >= 11 is 0. The molecule has 24 heavy (non-hydrogen) atoms. The lowest BCUT2D eigenvalue weighted by atomic mass is 10.1. The number of hydrogen-bond acceptors (Lipinski definition) is 3. The number of likely N-dealkylation sites (N-methyl/N-ethyl adjacent to an activating group) is 1. The van der Waals surface area contributed by atoms with Gasteiger partial charge in [0.05, 0.1) is 20.0 Å². The fourth-order valence-corrected chi connectivity index (χ4v) is 2.98. The van der Waals surface area contributed by atoms with Crippen LogP contribution in [0.3, 0.4) is 0 Å². The number of benzene rings is 2. The van der Waals surface area contributed by atoms with Crippen LogP contribution in [0.2, 0.25) is 0 Å². The van der Waals surface area contributed by atoms with Crippen molar-refractivity contribution in [2.75, 3.05) is 23.9 Å². The van der Waals surface area contributed by atoms with E-state index in [4.69, 9.17) is 4.74 Å². The molecule has 0 radical (unpaired) electrons. The van der Waals surface area contributed by atoms with Crippen LogP contribution < -0.4 is 15.0 Å². The standard InChI is InChI=1S/C19H20N2O3/c1-3-21-17-8-7-15(11-14(17)12-19(21)23)20-18(22)10-13-5-4-6-16(9-13)24-2/h4-9,11H,3,10,12H2,1-2H3,(H,20,22). The Labute approximate surface area is 141 Å². The van der Waals surface area contributed by atoms with Crippen molar-refractivity contribution in [2.45, 2.75) is 19.8 Å². The number of carbonyl (C=O) groups is 2. The van der Waals surface area contributed by atoms with Crippen LogP contribution in [0.5, 0.6) is 5.75 Å². The van der Waals surface area contributed by atoms with Gasteiger partial charge >= 0.3 is 0 Å². The molecule has 0 unspecified atom stereocenters. The molecular weight excluding hydrogens is 304 g/mol. The monoisotopic (exact) mass is 324 g/mol. The fourth-order valence-electron chi connectivity index (χ4n) is 2.98. The number of nitrogens with one attached hydrogen (secondary N) is 1. The van der Waals surface area contributed by atoms with Gasteiger partial charge in [0.2, 0.25) is 11.8 Å². The van der Waals surface area contributed by atoms with Gasteiger partial charge in [0.15, 0.2) is 0 Å². The number of methoxy groups -OCH3 is 1. The van der Waals surface area contributed by atoms with E-state index in [0.717, 1.165) is 22.6 Å². The fraction of sp³-hybridized carbons (Fsp3) is 0.263. The van der Waals surface area contributed by atoms with Crippen LogP contribution >= 0.6 is 0 Å². The first-order valence-corrected chi connectivity index (χ1v) is 7.96. The highest BCUT2D eigenvalue weighted by atomic mass is 16.5. The molecule has 0 saturated heterocycles. The van der Waals surface area contributed by atoms with Crippen LogP contribution in [0.1, 0.15) is 18.1 Å². The Hall–Kier alpha value is -2.82. The Morgan fingerprint density at radius 1 is 1.25 bits per heavy atom. The molecule has 0 spiro atoms. The molecule has 2 aromatic rings. The van der Waals surface area contributed by atoms with Crippen molar-refractivity contribution >= 4 is 23.2 Å². The quantitative estimate of drug-likeness (QED) is 0.920. The smallest absolute Gasteiger partial charge is 0.231 e. The summed E-state index contributed by atoms with van der Waals surface area (Å²) in [6, 6.07) is 13.1. The van der Waals surface area contributed by atoms with Crippen LogP contribution in [0.15, 0.2) is 42.5 Å². The first-order chi connectivity index (χ1) is 11.6. The molecular formula is C19H20N2O3. The third-order valence-electron chi connectivity index (χ3n) is 4.11. The summed E-state index contributed by atoms with van der Waals surface area (Å²) < 4.78 is 5.17. The van der Waals surface area contributed by atoms with Gasteiger partial charge in [-0.25, -0.2) is 0 Å². The minimum atomic E-state index is -0.0973. The van der Waals surface area contributed by atoms with E-state index in [1.165, 1.54) is 0 Å². The van der Waals surface area contributed by atoms with Crippen LogP contribution in [-0.2, 0) is 22.4 Å². The molecule has 1 aliphatic heterocycles. The van der Waals surface area contributed by atoms with E-state index in [0.29, 0.717) is 18.7 Å². The Balaban J connectivity index is 1.69. The van der Waals surface area contributed by atoms with Crippen molar-refractivity contribution in [1.29, 1.82) is 0 Å². The maximum Gasteiger partial charge on any atom is 0.231 e. The third kappa shape index (κ3) is 3.25. The molecule has 1 N–H and O–H groups in total. The first kappa shape index (κ1) is 16.1. The van der Waals surface area contributed by atoms with Crippen molar-refractivity contribution < 1.29 is 14.3 Å². The van der Waals surface area contributed by atoms with Crippen molar-refractivity contribution in [3.05, 3.63) is 53.6 Å². The average molecular weight is 324 g/mol. The van der Waals surface area contributed by atoms with E-state index >= 15 is 0 Å². The van der Waals surface area contributed by atoms with E-state index in [9.17, 15) is 9.59 Å². The third-order valence-corrected chi connectivity index (χ3v) is 4.11. The lowest BCUT2D eigenvalue weighted by Crippen LogP contribution is -2.25. The first-order valence-electron chi connectivity index (χ1n) is 7.96. The summed E-state index contributed by atoms with van der Waals surface area (Å²) in [6.07, 6.45) is 0.664. The SMILES string of the molecule is CCN1C(=O)Cc2cc(NC(=O)Cc3cccc(OC)c3)ccc21. The Kier molecular flexibility index (Phi) is 4.51. The molecule has 5 nitrogen and oxygen atoms in total. The van der Waals surface area contributed by atoms with Crippen LogP contribution in [0, 0.1) is 0 Å². The normalized spacial score (nSPS) is 12.9. The van der Waals surface area contributed by atoms with Crippen LogP contribution in [0.4, 0.5) is 11.4 Å². The molecule has 0 saturated carbocycles. The maximum absolute atomic E-state index is 12.2. The molecule has 3 rings (SSSR count). The van der Waals surface area contributed by atoms with Gasteiger partial charge in [-0.2, -0.15) is 0 Å². The molecule has 1 aliphatic rings. The predicted molar refractivity (Wildman–Crippen MR) is 93.5 cm³/mol. The summed E-state index contributed by atoms with van der Waals surface area (Å²) in [5, 5.41) is 2.90. The summed E-state index contributed by atoms with van der Waals surface area (Å²) in [5.74, 6) is 0.739. The second-order valence-corrected chi connectivity index (χ2v) is 5.73. The number of ether oxygens (including phenoxy) is 1. The number of rotatable bonds is 5. The minimum absolute atomic E-state index is 0.0973. The van der Waals surface area contributed by atoms with Gasteiger partial charge in [0.1, 0.15) is 5.75 Å². The molecule has 0 fully saturated rings. The van der Waals surface area contributed by atoms with Crippen molar-refractivity contribution in [3.63, 3.8) is 0 Å². The number of nitrogens with zero attached hydrogens (tertiary/aromatic N) is 1. The molecule has 0 aromatic heterocycles. The predicted octanol–water partition coefficient (Wildman–Crippen LogP) is 2.79. The highest BCUT2D eigenvalue weighted by Gasteiger charge is 2.25. The molecule has 0 bridgehead atoms. The average Bonchev–Trinajstić information content (AvgIpc) is 2.89. The summed E-state index contributed by atoms with van der Waals surface area (Å²) in [7, 11) is 1.60. The van der Waals surface area contributed by atoms with Gasteiger partial charge in [0, 0.05) is 17.9 Å². The second kappa shape index (κ2) is 6.74. The zero-order valence-corrected chi connectivity index (χ0v) is 13.8. The van der Waals surface area contributed by atoms with Gasteiger partial charge in [-0.15, -0.1) is 0 Å². The lowest BCUT2D eigenvalue weighted by Gasteiger charge is -2.15. The van der Waals surface area contributed by atoms with Gasteiger partial charge in [0.25, 0.3) is 0 Å². The number of carbonyl (C=O) groups excluding carboxylic acids is 2. The molecule has 2 aromatic carbocycles. The van der Waals surface area contributed by atoms with E-state index in [1.54, 1.807) is 12.0 Å². The van der Waals surface area contributed by atoms with E-state index in [1.807, 2.05) is 49.4 Å². The largest absolute Gasteiger partial charge is 0.497 e. The number of fused-ring (bicyclic) bond motifs is 1. The maximum atomic E-state index is 12.2. The van der Waals surface area contributed by atoms with Gasteiger partial charge in [-0.3, -0.25) is 9.59 Å². The topological polar surface area (TPSA) is 58.6 Å². The molecule has 5 heteroatoms.